The molecule has 0 fully saturated rings. The fraction of sp³-hybridized carbons (Fsp3) is 0.150. The lowest BCUT2D eigenvalue weighted by molar-refractivity contribution is 0.0962. The molecule has 6 nitrogen and oxygen atoms in total. The number of hydrogen-bond acceptors (Lipinski definition) is 5. The van der Waals surface area contributed by atoms with Gasteiger partial charge in [0.05, 0.1) is 27.0 Å². The van der Waals surface area contributed by atoms with Gasteiger partial charge in [0, 0.05) is 10.9 Å². The maximum atomic E-state index is 12.6. The van der Waals surface area contributed by atoms with Crippen molar-refractivity contribution in [2.24, 2.45) is 0 Å². The van der Waals surface area contributed by atoms with E-state index >= 15 is 0 Å². The highest BCUT2D eigenvalue weighted by atomic mass is 16.5. The summed E-state index contributed by atoms with van der Waals surface area (Å²) in [6, 6.07) is 17.0. The number of carbonyl (C=O) groups is 1. The van der Waals surface area contributed by atoms with E-state index in [1.54, 1.807) is 12.1 Å². The Morgan fingerprint density at radius 1 is 0.846 bits per heavy atom. The highest BCUT2D eigenvalue weighted by Crippen LogP contribution is 2.38. The van der Waals surface area contributed by atoms with E-state index in [0.717, 1.165) is 16.5 Å². The van der Waals surface area contributed by atoms with Crippen LogP contribution >= 0.6 is 0 Å². The van der Waals surface area contributed by atoms with Crippen LogP contribution in [0.15, 0.2) is 54.6 Å². The van der Waals surface area contributed by atoms with E-state index in [-0.39, 0.29) is 5.91 Å². The molecule has 6 heteroatoms. The number of benzene rings is 3. The number of anilines is 1. The lowest BCUT2D eigenvalue weighted by atomic mass is 10.1. The Hall–Kier alpha value is -3.41. The van der Waals surface area contributed by atoms with Gasteiger partial charge in [0.15, 0.2) is 11.5 Å². The van der Waals surface area contributed by atoms with Gasteiger partial charge in [-0.05, 0) is 23.6 Å². The molecule has 0 bridgehead atoms. The van der Waals surface area contributed by atoms with Crippen molar-refractivity contribution in [1.82, 2.24) is 5.43 Å². The van der Waals surface area contributed by atoms with Crippen LogP contribution < -0.4 is 25.1 Å². The second kappa shape index (κ2) is 7.65. The molecule has 0 unspecified atom stereocenters. The van der Waals surface area contributed by atoms with Crippen LogP contribution in [0.1, 0.15) is 10.4 Å². The average molecular weight is 352 g/mol. The number of hydrazine groups is 1. The van der Waals surface area contributed by atoms with E-state index in [9.17, 15) is 4.79 Å². The zero-order valence-electron chi connectivity index (χ0n) is 14.8. The standard InChI is InChI=1S/C20H20N2O4/c1-24-17-11-14(12-18(25-2)19(17)26-3)20(23)22-21-16-10-6-8-13-7-4-5-9-15(13)16/h4-12,21H,1-3H3,(H,22,23). The summed E-state index contributed by atoms with van der Waals surface area (Å²) in [4.78, 5) is 12.6. The molecule has 0 aliphatic carbocycles. The molecule has 3 aromatic carbocycles. The number of nitrogens with one attached hydrogen (secondary N) is 2. The lowest BCUT2D eigenvalue weighted by Crippen LogP contribution is -2.29. The quantitative estimate of drug-likeness (QED) is 0.663. The third-order valence-electron chi connectivity index (χ3n) is 4.03. The number of amides is 1. The molecule has 0 aromatic heterocycles. The van der Waals surface area contributed by atoms with Gasteiger partial charge in [0.1, 0.15) is 0 Å². The number of methoxy groups -OCH3 is 3. The van der Waals surface area contributed by atoms with Crippen LogP contribution in [0, 0.1) is 0 Å². The van der Waals surface area contributed by atoms with Crippen LogP contribution in [0.5, 0.6) is 17.2 Å². The monoisotopic (exact) mass is 352 g/mol. The number of ether oxygens (including phenoxy) is 3. The molecule has 0 saturated carbocycles. The summed E-state index contributed by atoms with van der Waals surface area (Å²) in [6.45, 7) is 0. The number of carbonyl (C=O) groups excluding carboxylic acids is 1. The van der Waals surface area contributed by atoms with Crippen molar-refractivity contribution < 1.29 is 19.0 Å². The van der Waals surface area contributed by atoms with Crippen LogP contribution in [0.25, 0.3) is 10.8 Å². The molecule has 0 spiro atoms. The number of rotatable bonds is 6. The number of hydrogen-bond donors (Lipinski definition) is 2. The van der Waals surface area contributed by atoms with Crippen molar-refractivity contribution in [3.63, 3.8) is 0 Å². The Balaban J connectivity index is 1.84. The van der Waals surface area contributed by atoms with Crippen molar-refractivity contribution in [3.8, 4) is 17.2 Å². The fourth-order valence-corrected chi connectivity index (χ4v) is 2.74. The highest BCUT2D eigenvalue weighted by molar-refractivity contribution is 5.98. The predicted molar refractivity (Wildman–Crippen MR) is 101 cm³/mol. The van der Waals surface area contributed by atoms with Crippen molar-refractivity contribution in [1.29, 1.82) is 0 Å². The first-order valence-electron chi connectivity index (χ1n) is 8.02. The average Bonchev–Trinajstić information content (AvgIpc) is 2.70. The van der Waals surface area contributed by atoms with Gasteiger partial charge in [-0.2, -0.15) is 0 Å². The van der Waals surface area contributed by atoms with Crippen LogP contribution in [0.4, 0.5) is 5.69 Å². The molecule has 0 aliphatic heterocycles. The third kappa shape index (κ3) is 3.35. The zero-order chi connectivity index (χ0) is 18.5. The van der Waals surface area contributed by atoms with Gasteiger partial charge in [0.2, 0.25) is 5.75 Å². The molecular formula is C20H20N2O4. The summed E-state index contributed by atoms with van der Waals surface area (Å²) in [5, 5.41) is 2.10. The molecule has 0 atom stereocenters. The van der Waals surface area contributed by atoms with E-state index in [4.69, 9.17) is 14.2 Å². The Morgan fingerprint density at radius 2 is 1.50 bits per heavy atom. The summed E-state index contributed by atoms with van der Waals surface area (Å²) in [6.07, 6.45) is 0. The third-order valence-corrected chi connectivity index (χ3v) is 4.03. The second-order valence-electron chi connectivity index (χ2n) is 5.52. The first-order chi connectivity index (χ1) is 12.7. The van der Waals surface area contributed by atoms with E-state index in [1.165, 1.54) is 21.3 Å². The minimum absolute atomic E-state index is 0.322. The molecule has 0 aliphatic rings. The van der Waals surface area contributed by atoms with E-state index in [1.807, 2.05) is 42.5 Å². The fourth-order valence-electron chi connectivity index (χ4n) is 2.74. The van der Waals surface area contributed by atoms with Crippen LogP contribution in [0.3, 0.4) is 0 Å². The Kier molecular flexibility index (Phi) is 5.12. The van der Waals surface area contributed by atoms with E-state index in [0.29, 0.717) is 22.8 Å². The van der Waals surface area contributed by atoms with Crippen LogP contribution in [-0.4, -0.2) is 27.2 Å². The van der Waals surface area contributed by atoms with E-state index < -0.39 is 0 Å². The maximum absolute atomic E-state index is 12.6. The van der Waals surface area contributed by atoms with Gasteiger partial charge in [-0.25, -0.2) is 0 Å². The molecule has 0 radical (unpaired) electrons. The molecule has 2 N–H and O–H groups in total. The lowest BCUT2D eigenvalue weighted by Gasteiger charge is -2.15. The van der Waals surface area contributed by atoms with Crippen molar-refractivity contribution >= 4 is 22.4 Å². The van der Waals surface area contributed by atoms with Gasteiger partial charge >= 0.3 is 0 Å². The molecule has 0 heterocycles. The van der Waals surface area contributed by atoms with Crippen LogP contribution in [-0.2, 0) is 0 Å². The Morgan fingerprint density at radius 3 is 2.15 bits per heavy atom. The highest BCUT2D eigenvalue weighted by Gasteiger charge is 2.17. The first-order valence-corrected chi connectivity index (χ1v) is 8.02. The predicted octanol–water partition coefficient (Wildman–Crippen LogP) is 3.62. The van der Waals surface area contributed by atoms with E-state index in [2.05, 4.69) is 10.9 Å². The van der Waals surface area contributed by atoms with Crippen molar-refractivity contribution in [2.45, 2.75) is 0 Å². The van der Waals surface area contributed by atoms with Gasteiger partial charge in [-0.1, -0.05) is 36.4 Å². The second-order valence-corrected chi connectivity index (χ2v) is 5.52. The summed E-state index contributed by atoms with van der Waals surface area (Å²) < 4.78 is 15.8. The smallest absolute Gasteiger partial charge is 0.269 e. The van der Waals surface area contributed by atoms with Crippen molar-refractivity contribution in [2.75, 3.05) is 26.8 Å². The summed E-state index contributed by atoms with van der Waals surface area (Å²) in [5.41, 5.74) is 6.87. The molecule has 1 amide bonds. The number of fused-ring (bicyclic) bond motifs is 1. The molecule has 0 saturated heterocycles. The minimum Gasteiger partial charge on any atom is -0.493 e. The first kappa shape index (κ1) is 17.4. The Labute approximate surface area is 151 Å². The molecule has 26 heavy (non-hydrogen) atoms. The topological polar surface area (TPSA) is 68.8 Å². The minimum atomic E-state index is -0.322. The van der Waals surface area contributed by atoms with Crippen LogP contribution in [0.2, 0.25) is 0 Å². The molecular weight excluding hydrogens is 332 g/mol. The molecule has 3 rings (SSSR count). The molecule has 134 valence electrons. The van der Waals surface area contributed by atoms with Gasteiger partial charge in [-0.15, -0.1) is 0 Å². The van der Waals surface area contributed by atoms with Gasteiger partial charge in [0.25, 0.3) is 5.91 Å². The summed E-state index contributed by atoms with van der Waals surface area (Å²) >= 11 is 0. The summed E-state index contributed by atoms with van der Waals surface area (Å²) in [7, 11) is 4.53. The normalized spacial score (nSPS) is 10.3. The molecule has 3 aromatic rings. The van der Waals surface area contributed by atoms with Gasteiger partial charge < -0.3 is 14.2 Å². The largest absolute Gasteiger partial charge is 0.493 e. The van der Waals surface area contributed by atoms with Crippen molar-refractivity contribution in [3.05, 3.63) is 60.2 Å². The SMILES string of the molecule is COc1cc(C(=O)NNc2cccc3ccccc23)cc(OC)c1OC. The van der Waals surface area contributed by atoms with Gasteiger partial charge in [-0.3, -0.25) is 15.6 Å². The Bertz CT molecular complexity index is 910. The summed E-state index contributed by atoms with van der Waals surface area (Å²) in [5.74, 6) is 0.954. The zero-order valence-corrected chi connectivity index (χ0v) is 14.8. The maximum Gasteiger partial charge on any atom is 0.269 e.